The van der Waals surface area contributed by atoms with Gasteiger partial charge in [-0.3, -0.25) is 0 Å². The van der Waals surface area contributed by atoms with Crippen LogP contribution in [-0.2, 0) is 4.93 Å². The molecule has 1 atom stereocenters. The van der Waals surface area contributed by atoms with Crippen molar-refractivity contribution in [1.82, 2.24) is 0 Å². The fourth-order valence-corrected chi connectivity index (χ4v) is 3.87. The van der Waals surface area contributed by atoms with Crippen molar-refractivity contribution in [2.24, 2.45) is 10.2 Å². The van der Waals surface area contributed by atoms with E-state index >= 15 is 0 Å². The van der Waals surface area contributed by atoms with E-state index in [9.17, 15) is 5.11 Å². The third-order valence-corrected chi connectivity index (χ3v) is 4.96. The van der Waals surface area contributed by atoms with Crippen LogP contribution < -0.4 is 4.90 Å². The molecule has 0 bridgehead atoms. The molecule has 0 amide bonds. The van der Waals surface area contributed by atoms with Gasteiger partial charge in [0.15, 0.2) is 5.84 Å². The second-order valence-corrected chi connectivity index (χ2v) is 6.20. The Labute approximate surface area is 126 Å². The number of anilines is 1. The van der Waals surface area contributed by atoms with Gasteiger partial charge in [-0.05, 0) is 6.07 Å². The highest BCUT2D eigenvalue weighted by Gasteiger charge is 2.50. The normalized spacial score (nSPS) is 23.2. The maximum absolute atomic E-state index is 11.2. The summed E-state index contributed by atoms with van der Waals surface area (Å²) in [5, 5.41) is 20.5. The fourth-order valence-electron chi connectivity index (χ4n) is 2.70. The van der Waals surface area contributed by atoms with Crippen LogP contribution in [0.1, 0.15) is 11.1 Å². The summed E-state index contributed by atoms with van der Waals surface area (Å²) < 4.78 is 0. The molecule has 4 rings (SSSR count). The van der Waals surface area contributed by atoms with Crippen molar-refractivity contribution >= 4 is 28.3 Å². The molecule has 0 radical (unpaired) electrons. The molecule has 2 aliphatic heterocycles. The number of thioether (sulfide) groups is 1. The Bertz CT molecular complexity index is 772. The standard InChI is InChI=1S/C16H13N3OS/c1-19-13-10-6-5-9-12(13)16(20)15(19)18-17-14(21-16)11-7-3-2-4-8-11/h2-10,20H,1H3. The average Bonchev–Trinajstić information content (AvgIpc) is 2.76. The van der Waals surface area contributed by atoms with Crippen molar-refractivity contribution in [2.75, 3.05) is 11.9 Å². The molecule has 1 N–H and O–H groups in total. The van der Waals surface area contributed by atoms with Gasteiger partial charge in [-0.25, -0.2) is 0 Å². The molecule has 5 heteroatoms. The Morgan fingerprint density at radius 2 is 1.71 bits per heavy atom. The molecule has 0 aromatic heterocycles. The van der Waals surface area contributed by atoms with Gasteiger partial charge in [0.2, 0.25) is 4.93 Å². The average molecular weight is 295 g/mol. The number of rotatable bonds is 1. The summed E-state index contributed by atoms with van der Waals surface area (Å²) >= 11 is 1.34. The minimum Gasteiger partial charge on any atom is -0.368 e. The molecular formula is C16H13N3OS. The molecule has 0 saturated carbocycles. The van der Waals surface area contributed by atoms with E-state index in [0.29, 0.717) is 5.84 Å². The van der Waals surface area contributed by atoms with Crippen LogP contribution in [0, 0.1) is 0 Å². The first-order valence-electron chi connectivity index (χ1n) is 6.66. The molecule has 0 spiro atoms. The summed E-state index contributed by atoms with van der Waals surface area (Å²) in [6.45, 7) is 0. The first-order valence-corrected chi connectivity index (χ1v) is 7.48. The quantitative estimate of drug-likeness (QED) is 0.880. The van der Waals surface area contributed by atoms with Gasteiger partial charge in [0, 0.05) is 23.9 Å². The summed E-state index contributed by atoms with van der Waals surface area (Å²) in [4.78, 5) is 0.728. The minimum absolute atomic E-state index is 0.563. The largest absolute Gasteiger partial charge is 0.368 e. The number of nitrogens with zero attached hydrogens (tertiary/aromatic N) is 3. The van der Waals surface area contributed by atoms with Crippen molar-refractivity contribution in [3.63, 3.8) is 0 Å². The predicted molar refractivity (Wildman–Crippen MR) is 86.7 cm³/mol. The van der Waals surface area contributed by atoms with Crippen LogP contribution in [0.25, 0.3) is 0 Å². The number of amidine groups is 1. The Hall–Kier alpha value is -2.11. The van der Waals surface area contributed by atoms with Gasteiger partial charge in [-0.1, -0.05) is 60.3 Å². The Morgan fingerprint density at radius 3 is 2.52 bits per heavy atom. The molecule has 2 aromatic carbocycles. The highest BCUT2D eigenvalue weighted by molar-refractivity contribution is 8.15. The van der Waals surface area contributed by atoms with Crippen molar-refractivity contribution in [2.45, 2.75) is 4.93 Å². The SMILES string of the molecule is CN1C2=NN=C(c3ccccc3)SC2(O)c2ccccc21. The topological polar surface area (TPSA) is 48.2 Å². The summed E-state index contributed by atoms with van der Waals surface area (Å²) in [6.07, 6.45) is 0. The van der Waals surface area contributed by atoms with E-state index in [1.807, 2.05) is 66.5 Å². The van der Waals surface area contributed by atoms with Gasteiger partial charge in [-0.2, -0.15) is 0 Å². The first kappa shape index (κ1) is 12.6. The minimum atomic E-state index is -1.17. The van der Waals surface area contributed by atoms with Gasteiger partial charge in [-0.15, -0.1) is 10.2 Å². The van der Waals surface area contributed by atoms with E-state index in [1.54, 1.807) is 0 Å². The lowest BCUT2D eigenvalue weighted by Crippen LogP contribution is -2.38. The van der Waals surface area contributed by atoms with E-state index < -0.39 is 4.93 Å². The smallest absolute Gasteiger partial charge is 0.204 e. The summed E-state index contributed by atoms with van der Waals surface area (Å²) in [5.41, 5.74) is 2.79. The van der Waals surface area contributed by atoms with Crippen molar-refractivity contribution < 1.29 is 5.11 Å². The van der Waals surface area contributed by atoms with Gasteiger partial charge in [0.05, 0.1) is 0 Å². The summed E-state index contributed by atoms with van der Waals surface area (Å²) in [5.74, 6) is 0.563. The van der Waals surface area contributed by atoms with Gasteiger partial charge >= 0.3 is 0 Å². The lowest BCUT2D eigenvalue weighted by molar-refractivity contribution is 0.214. The Kier molecular flexibility index (Phi) is 2.67. The second-order valence-electron chi connectivity index (χ2n) is 5.02. The van der Waals surface area contributed by atoms with Crippen molar-refractivity contribution in [1.29, 1.82) is 0 Å². The maximum atomic E-state index is 11.2. The van der Waals surface area contributed by atoms with E-state index in [4.69, 9.17) is 0 Å². The highest BCUT2D eigenvalue weighted by Crippen LogP contribution is 2.49. The van der Waals surface area contributed by atoms with Crippen LogP contribution in [0.4, 0.5) is 5.69 Å². The molecule has 2 aromatic rings. The fraction of sp³-hybridized carbons (Fsp3) is 0.125. The Morgan fingerprint density at radius 1 is 1.00 bits per heavy atom. The van der Waals surface area contributed by atoms with Crippen LogP contribution in [0.2, 0.25) is 0 Å². The van der Waals surface area contributed by atoms with Crippen LogP contribution >= 0.6 is 11.8 Å². The van der Waals surface area contributed by atoms with Crippen molar-refractivity contribution in [3.05, 3.63) is 65.7 Å². The van der Waals surface area contributed by atoms with E-state index in [2.05, 4.69) is 10.2 Å². The molecule has 21 heavy (non-hydrogen) atoms. The van der Waals surface area contributed by atoms with Crippen LogP contribution in [0.3, 0.4) is 0 Å². The van der Waals surface area contributed by atoms with E-state index in [1.165, 1.54) is 11.8 Å². The molecule has 2 aliphatic rings. The zero-order valence-corrected chi connectivity index (χ0v) is 12.2. The zero-order chi connectivity index (χ0) is 14.4. The third-order valence-electron chi connectivity index (χ3n) is 3.75. The van der Waals surface area contributed by atoms with E-state index in [0.717, 1.165) is 21.9 Å². The number of fused-ring (bicyclic) bond motifs is 3. The first-order chi connectivity index (χ1) is 10.2. The molecule has 4 nitrogen and oxygen atoms in total. The van der Waals surface area contributed by atoms with E-state index in [-0.39, 0.29) is 0 Å². The molecule has 0 saturated heterocycles. The summed E-state index contributed by atoms with van der Waals surface area (Å²) in [7, 11) is 1.90. The molecular weight excluding hydrogens is 282 g/mol. The molecule has 1 unspecified atom stereocenters. The lowest BCUT2D eigenvalue weighted by atomic mass is 10.1. The highest BCUT2D eigenvalue weighted by atomic mass is 32.2. The van der Waals surface area contributed by atoms with Crippen LogP contribution in [0.5, 0.6) is 0 Å². The van der Waals surface area contributed by atoms with Crippen LogP contribution in [0.15, 0.2) is 64.8 Å². The molecule has 0 aliphatic carbocycles. The monoisotopic (exact) mass is 295 g/mol. The number of likely N-dealkylation sites (N-methyl/N-ethyl adjacent to an activating group) is 1. The third kappa shape index (κ3) is 1.74. The number of hydrogen-bond donors (Lipinski definition) is 1. The zero-order valence-electron chi connectivity index (χ0n) is 11.4. The number of aliphatic hydroxyl groups is 1. The lowest BCUT2D eigenvalue weighted by Gasteiger charge is -2.27. The predicted octanol–water partition coefficient (Wildman–Crippen LogP) is 2.79. The summed E-state index contributed by atoms with van der Waals surface area (Å²) in [6, 6.07) is 17.6. The van der Waals surface area contributed by atoms with Gasteiger partial charge in [0.1, 0.15) is 5.04 Å². The number of para-hydroxylation sites is 1. The van der Waals surface area contributed by atoms with Crippen molar-refractivity contribution in [3.8, 4) is 0 Å². The molecule has 0 fully saturated rings. The van der Waals surface area contributed by atoms with Gasteiger partial charge < -0.3 is 10.0 Å². The second kappa shape index (κ2) is 4.44. The number of hydrogen-bond acceptors (Lipinski definition) is 5. The maximum Gasteiger partial charge on any atom is 0.204 e. The number of benzene rings is 2. The molecule has 2 heterocycles. The van der Waals surface area contributed by atoms with Crippen LogP contribution in [-0.4, -0.2) is 23.0 Å². The van der Waals surface area contributed by atoms with Gasteiger partial charge in [0.25, 0.3) is 0 Å². The Balaban J connectivity index is 1.84. The molecule has 104 valence electrons.